The van der Waals surface area contributed by atoms with E-state index < -0.39 is 0 Å². The van der Waals surface area contributed by atoms with E-state index in [-0.39, 0.29) is 5.97 Å². The zero-order valence-electron chi connectivity index (χ0n) is 10.3. The van der Waals surface area contributed by atoms with Crippen LogP contribution in [0.25, 0.3) is 21.5 Å². The molecule has 0 aromatic heterocycles. The van der Waals surface area contributed by atoms with Crippen molar-refractivity contribution in [3.05, 3.63) is 58.6 Å². The van der Waals surface area contributed by atoms with E-state index in [0.29, 0.717) is 5.56 Å². The van der Waals surface area contributed by atoms with Crippen LogP contribution in [0.15, 0.2) is 53.0 Å². The molecule has 94 valence electrons. The van der Waals surface area contributed by atoms with Crippen LogP contribution in [0.4, 0.5) is 0 Å². The lowest BCUT2D eigenvalue weighted by Crippen LogP contribution is -2.04. The third kappa shape index (κ3) is 1.81. The molecule has 0 unspecified atom stereocenters. The first-order valence-electron chi connectivity index (χ1n) is 5.91. The molecule has 3 aromatic rings. The summed E-state index contributed by atoms with van der Waals surface area (Å²) in [5, 5.41) is 4.10. The summed E-state index contributed by atoms with van der Waals surface area (Å²) in [5.74, 6) is -0.325. The Hall–Kier alpha value is -1.87. The van der Waals surface area contributed by atoms with Gasteiger partial charge in [0.25, 0.3) is 0 Å². The van der Waals surface area contributed by atoms with Gasteiger partial charge >= 0.3 is 5.97 Å². The van der Waals surface area contributed by atoms with Crippen LogP contribution in [0.1, 0.15) is 10.4 Å². The van der Waals surface area contributed by atoms with Gasteiger partial charge < -0.3 is 4.74 Å². The highest BCUT2D eigenvalue weighted by Crippen LogP contribution is 2.36. The number of esters is 1. The molecule has 0 heterocycles. The van der Waals surface area contributed by atoms with Gasteiger partial charge in [-0.3, -0.25) is 0 Å². The Morgan fingerprint density at radius 1 is 0.895 bits per heavy atom. The van der Waals surface area contributed by atoms with Crippen LogP contribution < -0.4 is 0 Å². The first-order chi connectivity index (χ1) is 9.24. The third-order valence-corrected chi connectivity index (χ3v) is 4.08. The normalized spacial score (nSPS) is 10.8. The molecule has 0 bridgehead atoms. The standard InChI is InChI=1S/C16H11BrO2/c1-19-16(18)14-12-8-4-2-6-10(12)11-7-3-5-9-13(11)15(14)17/h2-9H,1H3. The molecule has 0 saturated carbocycles. The maximum Gasteiger partial charge on any atom is 0.339 e. The molecule has 0 spiro atoms. The second-order valence-corrected chi connectivity index (χ2v) is 5.06. The van der Waals surface area contributed by atoms with Gasteiger partial charge in [0.15, 0.2) is 0 Å². The van der Waals surface area contributed by atoms with Crippen molar-refractivity contribution < 1.29 is 9.53 Å². The lowest BCUT2D eigenvalue weighted by molar-refractivity contribution is 0.0602. The monoisotopic (exact) mass is 314 g/mol. The quantitative estimate of drug-likeness (QED) is 0.487. The van der Waals surface area contributed by atoms with E-state index in [4.69, 9.17) is 4.74 Å². The molecule has 19 heavy (non-hydrogen) atoms. The van der Waals surface area contributed by atoms with Crippen LogP contribution in [0.5, 0.6) is 0 Å². The third-order valence-electron chi connectivity index (χ3n) is 3.26. The minimum atomic E-state index is -0.325. The number of ether oxygens (including phenoxy) is 1. The first-order valence-corrected chi connectivity index (χ1v) is 6.70. The largest absolute Gasteiger partial charge is 0.465 e. The van der Waals surface area contributed by atoms with Gasteiger partial charge in [0.05, 0.1) is 12.7 Å². The molecule has 3 heteroatoms. The molecule has 3 rings (SSSR count). The lowest BCUT2D eigenvalue weighted by Gasteiger charge is -2.12. The van der Waals surface area contributed by atoms with E-state index in [1.54, 1.807) is 0 Å². The van der Waals surface area contributed by atoms with Crippen LogP contribution in [-0.4, -0.2) is 13.1 Å². The summed E-state index contributed by atoms with van der Waals surface area (Å²) < 4.78 is 5.69. The fourth-order valence-corrected chi connectivity index (χ4v) is 3.12. The van der Waals surface area contributed by atoms with Gasteiger partial charge in [-0.15, -0.1) is 0 Å². The number of halogens is 1. The number of carbonyl (C=O) groups excluding carboxylic acids is 1. The first kappa shape index (κ1) is 12.2. The minimum Gasteiger partial charge on any atom is -0.465 e. The molecule has 0 N–H and O–H groups in total. The number of hydrogen-bond donors (Lipinski definition) is 0. The molecular weight excluding hydrogens is 304 g/mol. The van der Waals surface area contributed by atoms with E-state index >= 15 is 0 Å². The summed E-state index contributed by atoms with van der Waals surface area (Å²) in [6, 6.07) is 15.9. The smallest absolute Gasteiger partial charge is 0.339 e. The summed E-state index contributed by atoms with van der Waals surface area (Å²) in [6.07, 6.45) is 0. The summed E-state index contributed by atoms with van der Waals surface area (Å²) in [5.41, 5.74) is 0.580. The maximum atomic E-state index is 12.0. The van der Waals surface area contributed by atoms with Crippen LogP contribution in [0.3, 0.4) is 0 Å². The number of rotatable bonds is 1. The molecule has 0 atom stereocenters. The second kappa shape index (κ2) is 4.67. The van der Waals surface area contributed by atoms with Crippen molar-refractivity contribution >= 4 is 43.4 Å². The highest BCUT2D eigenvalue weighted by Gasteiger charge is 2.18. The average Bonchev–Trinajstić information content (AvgIpc) is 2.47. The van der Waals surface area contributed by atoms with Crippen molar-refractivity contribution in [1.82, 2.24) is 0 Å². The Morgan fingerprint density at radius 2 is 1.37 bits per heavy atom. The van der Waals surface area contributed by atoms with E-state index in [1.807, 2.05) is 42.5 Å². The number of methoxy groups -OCH3 is 1. The maximum absolute atomic E-state index is 12.0. The Kier molecular flexibility index (Phi) is 2.99. The summed E-state index contributed by atoms with van der Waals surface area (Å²) in [6.45, 7) is 0. The van der Waals surface area contributed by atoms with Crippen molar-refractivity contribution in [1.29, 1.82) is 0 Å². The highest BCUT2D eigenvalue weighted by atomic mass is 79.9. The Morgan fingerprint density at radius 3 is 1.95 bits per heavy atom. The number of carbonyl (C=O) groups is 1. The van der Waals surface area contributed by atoms with Crippen LogP contribution in [0.2, 0.25) is 0 Å². The topological polar surface area (TPSA) is 26.3 Å². The second-order valence-electron chi connectivity index (χ2n) is 4.27. The zero-order valence-corrected chi connectivity index (χ0v) is 11.9. The van der Waals surface area contributed by atoms with Gasteiger partial charge in [-0.25, -0.2) is 4.79 Å². The molecule has 0 radical (unpaired) electrons. The fourth-order valence-electron chi connectivity index (χ4n) is 2.40. The van der Waals surface area contributed by atoms with Gasteiger partial charge in [0, 0.05) is 4.47 Å². The molecule has 3 aromatic carbocycles. The van der Waals surface area contributed by atoms with Crippen LogP contribution in [0, 0.1) is 0 Å². The average molecular weight is 315 g/mol. The SMILES string of the molecule is COC(=O)c1c(Br)c2ccccc2c2ccccc12. The van der Waals surface area contributed by atoms with Gasteiger partial charge in [-0.1, -0.05) is 48.5 Å². The van der Waals surface area contributed by atoms with E-state index in [9.17, 15) is 4.79 Å². The summed E-state index contributed by atoms with van der Waals surface area (Å²) in [7, 11) is 1.40. The summed E-state index contributed by atoms with van der Waals surface area (Å²) >= 11 is 3.54. The van der Waals surface area contributed by atoms with Crippen LogP contribution in [-0.2, 0) is 4.74 Å². The van der Waals surface area contributed by atoms with Gasteiger partial charge in [0.2, 0.25) is 0 Å². The number of benzene rings is 3. The molecule has 0 aliphatic rings. The Bertz CT molecular complexity index is 793. The van der Waals surface area contributed by atoms with E-state index in [1.165, 1.54) is 7.11 Å². The van der Waals surface area contributed by atoms with Crippen molar-refractivity contribution in [3.63, 3.8) is 0 Å². The van der Waals surface area contributed by atoms with Crippen molar-refractivity contribution in [2.75, 3.05) is 7.11 Å². The molecular formula is C16H11BrO2. The Labute approximate surface area is 119 Å². The molecule has 0 fully saturated rings. The summed E-state index contributed by atoms with van der Waals surface area (Å²) in [4.78, 5) is 12.0. The molecule has 0 aliphatic heterocycles. The minimum absolute atomic E-state index is 0.325. The van der Waals surface area contributed by atoms with E-state index in [0.717, 1.165) is 26.0 Å². The van der Waals surface area contributed by atoms with E-state index in [2.05, 4.69) is 22.0 Å². The zero-order chi connectivity index (χ0) is 13.4. The fraction of sp³-hybridized carbons (Fsp3) is 0.0625. The highest BCUT2D eigenvalue weighted by molar-refractivity contribution is 9.10. The molecule has 2 nitrogen and oxygen atoms in total. The molecule has 0 amide bonds. The van der Waals surface area contributed by atoms with Gasteiger partial charge in [-0.2, -0.15) is 0 Å². The molecule has 0 saturated heterocycles. The van der Waals surface area contributed by atoms with Crippen molar-refractivity contribution in [2.45, 2.75) is 0 Å². The lowest BCUT2D eigenvalue weighted by atomic mass is 9.97. The van der Waals surface area contributed by atoms with Gasteiger partial charge in [0.1, 0.15) is 0 Å². The van der Waals surface area contributed by atoms with Gasteiger partial charge in [-0.05, 0) is 37.5 Å². The number of fused-ring (bicyclic) bond motifs is 3. The predicted octanol–water partition coefficient (Wildman–Crippen LogP) is 4.54. The van der Waals surface area contributed by atoms with Crippen molar-refractivity contribution in [2.24, 2.45) is 0 Å². The molecule has 0 aliphatic carbocycles. The Balaban J connectivity index is 2.59. The van der Waals surface area contributed by atoms with Crippen molar-refractivity contribution in [3.8, 4) is 0 Å². The predicted molar refractivity (Wildman–Crippen MR) is 80.5 cm³/mol. The number of hydrogen-bond acceptors (Lipinski definition) is 2. The van der Waals surface area contributed by atoms with Crippen LogP contribution >= 0.6 is 15.9 Å².